The molecular formula is C22H24I2N3O7S-. The fourth-order valence-electron chi connectivity index (χ4n) is 4.91. The highest BCUT2D eigenvalue weighted by molar-refractivity contribution is 15.0. The van der Waals surface area contributed by atoms with Crippen LogP contribution in [0.25, 0.3) is 0 Å². The van der Waals surface area contributed by atoms with E-state index in [2.05, 4.69) is 42.5 Å². The number of nitrogens with one attached hydrogen (secondary N) is 1. The number of nitrogens with two attached hydrogens (primary N) is 1. The number of aromatic carboxylic acids is 1. The Bertz CT molecular complexity index is 1070. The van der Waals surface area contributed by atoms with Crippen LogP contribution in [0.4, 0.5) is 5.69 Å². The van der Waals surface area contributed by atoms with Crippen LogP contribution in [-0.4, -0.2) is 63.7 Å². The molecule has 0 radical (unpaired) electrons. The number of hydrogen-bond donors (Lipinski definition) is 3. The van der Waals surface area contributed by atoms with E-state index in [0.717, 1.165) is 0 Å². The second kappa shape index (κ2) is 11.7. The lowest BCUT2D eigenvalue weighted by molar-refractivity contribution is -0.656. The number of aliphatic hydroxyl groups is 1. The summed E-state index contributed by atoms with van der Waals surface area (Å²) in [4.78, 5) is 49.7. The number of amides is 2. The van der Waals surface area contributed by atoms with Gasteiger partial charge in [-0.1, -0.05) is 19.1 Å². The molecule has 4 N–H and O–H groups in total. The summed E-state index contributed by atoms with van der Waals surface area (Å²) >= 11 is 5.58. The predicted octanol–water partition coefficient (Wildman–Crippen LogP) is -0.983. The Morgan fingerprint density at radius 1 is 1.26 bits per heavy atom. The van der Waals surface area contributed by atoms with Crippen molar-refractivity contribution in [2.24, 2.45) is 11.8 Å². The summed E-state index contributed by atoms with van der Waals surface area (Å²) in [7, 11) is 0. The molecule has 13 heteroatoms. The van der Waals surface area contributed by atoms with Crippen molar-refractivity contribution in [3.05, 3.63) is 40.4 Å². The van der Waals surface area contributed by atoms with Gasteiger partial charge in [-0.2, -0.15) is 0 Å². The third kappa shape index (κ3) is 5.62. The number of carbonyl (C=O) groups is 4. The van der Waals surface area contributed by atoms with E-state index in [9.17, 15) is 34.5 Å². The maximum atomic E-state index is 12.7. The van der Waals surface area contributed by atoms with Crippen molar-refractivity contribution < 1.29 is 39.8 Å². The summed E-state index contributed by atoms with van der Waals surface area (Å²) in [5, 5.41) is 37.3. The number of carbonyl (C=O) groups excluding carboxylic acids is 4. The highest BCUT2D eigenvalue weighted by Crippen LogP contribution is 2.51. The van der Waals surface area contributed by atoms with Crippen LogP contribution in [0.1, 0.15) is 30.6 Å². The molecule has 3 heterocycles. The third-order valence-corrected chi connectivity index (χ3v) is 8.04. The largest absolute Gasteiger partial charge is 0.545 e. The standard InChI is InChI=1S/C22H25N3O7S.I2/c1-9-16-15(10(2)26)20(28)25(16)17(22(31)32)18(9)33-13-7-14(23-8-13)19(27)24-12-5-3-4-11(6-12)21(29)30;1-2/h3-6,9-10,13-16,23,26H,7-8H2,1-2H3,(H,24,27)(H,29,30)(H,31,32);/p-1/t9?,10?,13?,14-,15?,16?;/m0./s1. The lowest BCUT2D eigenvalue weighted by Crippen LogP contribution is -2.89. The number of nitrogens with zero attached hydrogens (tertiary/aromatic N) is 1. The van der Waals surface area contributed by atoms with Gasteiger partial charge in [0.05, 0.1) is 47.5 Å². The van der Waals surface area contributed by atoms with Crippen molar-refractivity contribution in [1.82, 2.24) is 4.90 Å². The molecule has 1 aromatic carbocycles. The van der Waals surface area contributed by atoms with Crippen LogP contribution in [0.2, 0.25) is 0 Å². The number of rotatable bonds is 7. The topological polar surface area (TPSA) is 167 Å². The monoisotopic (exact) mass is 728 g/mol. The lowest BCUT2D eigenvalue weighted by atomic mass is 9.79. The van der Waals surface area contributed by atoms with Gasteiger partial charge in [0.25, 0.3) is 5.91 Å². The van der Waals surface area contributed by atoms with Gasteiger partial charge in [0.1, 0.15) is 0 Å². The number of halogens is 2. The first-order chi connectivity index (χ1) is 16.6. The van der Waals surface area contributed by atoms with Crippen LogP contribution in [0.3, 0.4) is 0 Å². The minimum atomic E-state index is -1.42. The molecular weight excluding hydrogens is 704 g/mol. The summed E-state index contributed by atoms with van der Waals surface area (Å²) in [5.74, 6) is -4.36. The maximum Gasteiger partial charge on any atom is 0.282 e. The van der Waals surface area contributed by atoms with Crippen molar-refractivity contribution in [2.75, 3.05) is 11.9 Å². The van der Waals surface area contributed by atoms with Crippen LogP contribution in [-0.2, 0) is 14.4 Å². The zero-order valence-corrected chi connectivity index (χ0v) is 23.9. The highest BCUT2D eigenvalue weighted by Gasteiger charge is 2.59. The van der Waals surface area contributed by atoms with Gasteiger partial charge in [0, 0.05) is 60.2 Å². The zero-order valence-electron chi connectivity index (χ0n) is 18.8. The summed E-state index contributed by atoms with van der Waals surface area (Å²) in [6.45, 7) is 3.93. The lowest BCUT2D eigenvalue weighted by Gasteiger charge is -2.47. The van der Waals surface area contributed by atoms with Gasteiger partial charge in [-0.25, -0.2) is 0 Å². The molecule has 2 fully saturated rings. The molecule has 0 spiro atoms. The van der Waals surface area contributed by atoms with E-state index in [1.807, 2.05) is 12.2 Å². The minimum absolute atomic E-state index is 0.0386. The molecule has 0 aliphatic carbocycles. The number of quaternary nitrogens is 1. The molecule has 35 heavy (non-hydrogen) atoms. The molecule has 10 nitrogen and oxygen atoms in total. The van der Waals surface area contributed by atoms with Crippen molar-refractivity contribution in [1.29, 1.82) is 0 Å². The summed E-state index contributed by atoms with van der Waals surface area (Å²) in [5.41, 5.74) is 0.180. The number of fused-ring (bicyclic) bond motifs is 1. The Morgan fingerprint density at radius 2 is 1.94 bits per heavy atom. The van der Waals surface area contributed by atoms with E-state index in [0.29, 0.717) is 23.6 Å². The first-order valence-corrected chi connectivity index (χ1v) is 18.0. The Morgan fingerprint density at radius 3 is 2.54 bits per heavy atom. The van der Waals surface area contributed by atoms with Crippen molar-refractivity contribution in [3.8, 4) is 0 Å². The number of carboxylic acids is 2. The molecule has 0 aromatic heterocycles. The van der Waals surface area contributed by atoms with Gasteiger partial charge >= 0.3 is 0 Å². The Kier molecular flexibility index (Phi) is 9.45. The number of aliphatic hydroxyl groups excluding tert-OH is 1. The molecule has 1 aromatic rings. The quantitative estimate of drug-likeness (QED) is 0.238. The zero-order chi connectivity index (χ0) is 26.0. The Labute approximate surface area is 229 Å². The van der Waals surface area contributed by atoms with Crippen LogP contribution in [0.5, 0.6) is 0 Å². The Hall–Kier alpha value is -1.43. The van der Waals surface area contributed by atoms with E-state index < -0.39 is 42.0 Å². The fourth-order valence-corrected chi connectivity index (χ4v) is 6.43. The van der Waals surface area contributed by atoms with Gasteiger partial charge in [-0.05, 0) is 24.6 Å². The molecule has 2 amide bonds. The van der Waals surface area contributed by atoms with Crippen LogP contribution in [0, 0.1) is 11.8 Å². The second-order valence-electron chi connectivity index (χ2n) is 8.67. The predicted molar refractivity (Wildman–Crippen MR) is 141 cm³/mol. The normalized spacial score (nSPS) is 28.0. The summed E-state index contributed by atoms with van der Waals surface area (Å²) < 4.78 is 0. The first kappa shape index (κ1) is 28.1. The molecule has 3 aliphatic heterocycles. The van der Waals surface area contributed by atoms with Gasteiger partial charge in [0.15, 0.2) is 6.04 Å². The van der Waals surface area contributed by atoms with E-state index in [-0.39, 0.29) is 28.3 Å². The smallest absolute Gasteiger partial charge is 0.282 e. The average molecular weight is 728 g/mol. The van der Waals surface area contributed by atoms with Crippen LogP contribution in [0.15, 0.2) is 34.9 Å². The molecule has 0 saturated carbocycles. The molecule has 6 atom stereocenters. The minimum Gasteiger partial charge on any atom is -0.545 e. The second-order valence-corrected chi connectivity index (χ2v) is 10.0. The van der Waals surface area contributed by atoms with E-state index >= 15 is 0 Å². The van der Waals surface area contributed by atoms with E-state index in [1.54, 1.807) is 6.07 Å². The number of thioether (sulfide) groups is 1. The molecule has 0 bridgehead atoms. The summed E-state index contributed by atoms with van der Waals surface area (Å²) in [6.07, 6.45) is -0.414. The van der Waals surface area contributed by atoms with Crippen molar-refractivity contribution >= 4 is 78.4 Å². The number of carboxylic acid groups (broad SMARTS) is 2. The van der Waals surface area contributed by atoms with Crippen molar-refractivity contribution in [3.63, 3.8) is 0 Å². The molecule has 4 rings (SSSR count). The third-order valence-electron chi connectivity index (χ3n) is 6.50. The van der Waals surface area contributed by atoms with Gasteiger partial charge in [-0.15, -0.1) is 11.8 Å². The van der Waals surface area contributed by atoms with E-state index in [1.165, 1.54) is 41.8 Å². The van der Waals surface area contributed by atoms with Crippen LogP contribution >= 0.6 is 49.0 Å². The average Bonchev–Trinajstić information content (AvgIpc) is 3.37. The number of β-lactam (4-membered cyclic amide) rings is 1. The van der Waals surface area contributed by atoms with Gasteiger partial charge < -0.3 is 40.4 Å². The number of benzene rings is 1. The van der Waals surface area contributed by atoms with Crippen molar-refractivity contribution in [2.45, 2.75) is 43.7 Å². The maximum absolute atomic E-state index is 12.7. The molecule has 5 unspecified atom stereocenters. The first-order valence-electron chi connectivity index (χ1n) is 10.8. The highest BCUT2D eigenvalue weighted by atomic mass is 128. The van der Waals surface area contributed by atoms with E-state index in [4.69, 9.17) is 0 Å². The van der Waals surface area contributed by atoms with Gasteiger partial charge in [-0.3, -0.25) is 9.59 Å². The fraction of sp³-hybridized carbons (Fsp3) is 0.455. The SMILES string of the molecule is CC(O)C1C(=O)N2C(C(=O)[O-])=C(SC3C[NH2+][C@H](C(=O)Nc4cccc(C(=O)[O-])c4)C3)C(C)C12.II. The Balaban J connectivity index is 0.00000167. The molecule has 2 saturated heterocycles. The molecule has 3 aliphatic rings. The summed E-state index contributed by atoms with van der Waals surface area (Å²) in [6, 6.07) is 4.96. The number of hydrogen-bond acceptors (Lipinski definition) is 8. The van der Waals surface area contributed by atoms with Gasteiger partial charge in [0.2, 0.25) is 5.91 Å². The number of aliphatic carboxylic acids is 1. The van der Waals surface area contributed by atoms with Crippen LogP contribution < -0.4 is 20.8 Å². The number of anilines is 1. The molecule has 190 valence electrons.